The molecule has 4 nitrogen and oxygen atoms in total. The third kappa shape index (κ3) is 2.55. The second-order valence-electron chi connectivity index (χ2n) is 4.83. The highest BCUT2D eigenvalue weighted by molar-refractivity contribution is 5.45. The van der Waals surface area contributed by atoms with Gasteiger partial charge < -0.3 is 5.11 Å². The standard InChI is InChI=1S/C15H12F3NO3/c1-10-4-2-3-5-13(10)14(20,15(16,17)18)11-6-8-12(9-7-11)19(21)22/h2-9,20H,1H3. The lowest BCUT2D eigenvalue weighted by atomic mass is 9.83. The monoisotopic (exact) mass is 311 g/mol. The van der Waals surface area contributed by atoms with Crippen LogP contribution in [0.15, 0.2) is 48.5 Å². The van der Waals surface area contributed by atoms with Crippen LogP contribution in [0.1, 0.15) is 16.7 Å². The van der Waals surface area contributed by atoms with Crippen molar-refractivity contribution in [1.29, 1.82) is 0 Å². The fourth-order valence-electron chi connectivity index (χ4n) is 2.28. The Morgan fingerprint density at radius 3 is 2.05 bits per heavy atom. The highest BCUT2D eigenvalue weighted by Gasteiger charge is 2.56. The first-order chi connectivity index (χ1) is 10.2. The molecule has 2 rings (SSSR count). The van der Waals surface area contributed by atoms with Gasteiger partial charge in [0.05, 0.1) is 4.92 Å². The maximum atomic E-state index is 13.5. The summed E-state index contributed by atoms with van der Waals surface area (Å²) < 4.78 is 40.6. The Kier molecular flexibility index (Phi) is 3.93. The van der Waals surface area contributed by atoms with Gasteiger partial charge in [0.2, 0.25) is 5.60 Å². The number of halogens is 3. The summed E-state index contributed by atoms with van der Waals surface area (Å²) in [5, 5.41) is 21.0. The average molecular weight is 311 g/mol. The first-order valence-corrected chi connectivity index (χ1v) is 6.28. The zero-order valence-electron chi connectivity index (χ0n) is 11.5. The molecule has 0 aromatic heterocycles. The van der Waals surface area contributed by atoms with Gasteiger partial charge in [-0.1, -0.05) is 24.3 Å². The van der Waals surface area contributed by atoms with E-state index in [-0.39, 0.29) is 16.8 Å². The second kappa shape index (κ2) is 5.42. The largest absolute Gasteiger partial charge is 0.425 e. The van der Waals surface area contributed by atoms with Gasteiger partial charge in [0.15, 0.2) is 0 Å². The van der Waals surface area contributed by atoms with Crippen LogP contribution in [0.3, 0.4) is 0 Å². The fourth-order valence-corrected chi connectivity index (χ4v) is 2.28. The van der Waals surface area contributed by atoms with Gasteiger partial charge in [-0.2, -0.15) is 13.2 Å². The molecule has 1 N–H and O–H groups in total. The molecule has 2 aromatic rings. The molecule has 0 bridgehead atoms. The minimum Gasteiger partial charge on any atom is -0.372 e. The van der Waals surface area contributed by atoms with Crippen molar-refractivity contribution in [3.63, 3.8) is 0 Å². The number of benzene rings is 2. The maximum absolute atomic E-state index is 13.5. The number of nitro groups is 1. The lowest BCUT2D eigenvalue weighted by Crippen LogP contribution is -2.43. The van der Waals surface area contributed by atoms with E-state index in [0.29, 0.717) is 0 Å². The van der Waals surface area contributed by atoms with Crippen LogP contribution in [-0.4, -0.2) is 16.2 Å². The third-order valence-electron chi connectivity index (χ3n) is 3.44. The zero-order chi connectivity index (χ0) is 16.5. The smallest absolute Gasteiger partial charge is 0.372 e. The third-order valence-corrected chi connectivity index (χ3v) is 3.44. The van der Waals surface area contributed by atoms with Gasteiger partial charge in [-0.3, -0.25) is 10.1 Å². The number of rotatable bonds is 3. The number of non-ortho nitro benzene ring substituents is 1. The van der Waals surface area contributed by atoms with Gasteiger partial charge in [-0.05, 0) is 30.2 Å². The predicted molar refractivity (Wildman–Crippen MR) is 73.3 cm³/mol. The molecule has 1 unspecified atom stereocenters. The molecule has 116 valence electrons. The number of hydrogen-bond donors (Lipinski definition) is 1. The highest BCUT2D eigenvalue weighted by Crippen LogP contribution is 2.45. The van der Waals surface area contributed by atoms with E-state index in [2.05, 4.69) is 0 Å². The molecule has 0 aliphatic carbocycles. The van der Waals surface area contributed by atoms with E-state index in [1.54, 1.807) is 6.07 Å². The van der Waals surface area contributed by atoms with E-state index in [0.717, 1.165) is 24.3 Å². The Bertz CT molecular complexity index is 698. The van der Waals surface area contributed by atoms with Crippen LogP contribution in [0.25, 0.3) is 0 Å². The van der Waals surface area contributed by atoms with E-state index in [4.69, 9.17) is 0 Å². The molecule has 7 heteroatoms. The highest BCUT2D eigenvalue weighted by atomic mass is 19.4. The van der Waals surface area contributed by atoms with Crippen LogP contribution >= 0.6 is 0 Å². The van der Waals surface area contributed by atoms with Crippen molar-refractivity contribution < 1.29 is 23.2 Å². The molecule has 2 aromatic carbocycles. The Balaban J connectivity index is 2.66. The van der Waals surface area contributed by atoms with Crippen molar-refractivity contribution in [3.05, 3.63) is 75.3 Å². The summed E-state index contributed by atoms with van der Waals surface area (Å²) in [5.74, 6) is 0. The van der Waals surface area contributed by atoms with Gasteiger partial charge in [0.1, 0.15) is 0 Å². The molecule has 0 aliphatic heterocycles. The Morgan fingerprint density at radius 2 is 1.59 bits per heavy atom. The normalized spacial score (nSPS) is 14.4. The molecular weight excluding hydrogens is 299 g/mol. The van der Waals surface area contributed by atoms with E-state index < -0.39 is 22.3 Å². The summed E-state index contributed by atoms with van der Waals surface area (Å²) in [6, 6.07) is 9.29. The molecule has 0 saturated heterocycles. The molecule has 0 spiro atoms. The van der Waals surface area contributed by atoms with Crippen molar-refractivity contribution >= 4 is 5.69 Å². The van der Waals surface area contributed by atoms with Gasteiger partial charge in [-0.25, -0.2) is 0 Å². The van der Waals surface area contributed by atoms with Crippen LogP contribution in [0.5, 0.6) is 0 Å². The SMILES string of the molecule is Cc1ccccc1C(O)(c1ccc([N+](=O)[O-])cc1)C(F)(F)F. The molecule has 0 aliphatic rings. The summed E-state index contributed by atoms with van der Waals surface area (Å²) in [5.41, 5.74) is -4.09. The lowest BCUT2D eigenvalue weighted by Gasteiger charge is -2.32. The predicted octanol–water partition coefficient (Wildman–Crippen LogP) is 3.70. The van der Waals surface area contributed by atoms with Crippen molar-refractivity contribution in [2.24, 2.45) is 0 Å². The average Bonchev–Trinajstić information content (AvgIpc) is 2.46. The van der Waals surface area contributed by atoms with Crippen LogP contribution < -0.4 is 0 Å². The van der Waals surface area contributed by atoms with E-state index >= 15 is 0 Å². The van der Waals surface area contributed by atoms with Crippen molar-refractivity contribution in [3.8, 4) is 0 Å². The minimum atomic E-state index is -4.98. The Hall–Kier alpha value is -2.41. The van der Waals surface area contributed by atoms with Gasteiger partial charge in [0, 0.05) is 17.7 Å². The number of alkyl halides is 3. The van der Waals surface area contributed by atoms with Gasteiger partial charge in [-0.15, -0.1) is 0 Å². The summed E-state index contributed by atoms with van der Waals surface area (Å²) >= 11 is 0. The van der Waals surface area contributed by atoms with Crippen molar-refractivity contribution in [2.75, 3.05) is 0 Å². The molecule has 0 heterocycles. The molecular formula is C15H12F3NO3. The number of aliphatic hydroxyl groups is 1. The van der Waals surface area contributed by atoms with Crippen LogP contribution in [0.2, 0.25) is 0 Å². The van der Waals surface area contributed by atoms with Crippen molar-refractivity contribution in [2.45, 2.75) is 18.7 Å². The van der Waals surface area contributed by atoms with E-state index in [1.165, 1.54) is 25.1 Å². The fraction of sp³-hybridized carbons (Fsp3) is 0.200. The molecule has 0 saturated carbocycles. The topological polar surface area (TPSA) is 63.4 Å². The lowest BCUT2D eigenvalue weighted by molar-refractivity contribution is -0.384. The molecule has 0 radical (unpaired) electrons. The first-order valence-electron chi connectivity index (χ1n) is 6.28. The quantitative estimate of drug-likeness (QED) is 0.694. The minimum absolute atomic E-state index is 0.265. The summed E-state index contributed by atoms with van der Waals surface area (Å²) in [6.07, 6.45) is -4.98. The summed E-state index contributed by atoms with van der Waals surface area (Å²) in [7, 11) is 0. The Morgan fingerprint density at radius 1 is 1.05 bits per heavy atom. The summed E-state index contributed by atoms with van der Waals surface area (Å²) in [6.45, 7) is 1.46. The summed E-state index contributed by atoms with van der Waals surface area (Å²) in [4.78, 5) is 9.89. The Labute approximate surface area is 124 Å². The molecule has 22 heavy (non-hydrogen) atoms. The number of aryl methyl sites for hydroxylation is 1. The molecule has 0 amide bonds. The maximum Gasteiger partial charge on any atom is 0.425 e. The zero-order valence-corrected chi connectivity index (χ0v) is 11.5. The number of nitrogens with zero attached hydrogens (tertiary/aromatic N) is 1. The first kappa shape index (κ1) is 16.0. The number of hydrogen-bond acceptors (Lipinski definition) is 3. The molecule has 1 atom stereocenters. The van der Waals surface area contributed by atoms with E-state index in [1.807, 2.05) is 0 Å². The van der Waals surface area contributed by atoms with E-state index in [9.17, 15) is 28.4 Å². The van der Waals surface area contributed by atoms with Gasteiger partial charge in [0.25, 0.3) is 5.69 Å². The van der Waals surface area contributed by atoms with Gasteiger partial charge >= 0.3 is 6.18 Å². The van der Waals surface area contributed by atoms with Crippen LogP contribution in [0, 0.1) is 17.0 Å². The van der Waals surface area contributed by atoms with Crippen LogP contribution in [0.4, 0.5) is 18.9 Å². The second-order valence-corrected chi connectivity index (χ2v) is 4.83. The van der Waals surface area contributed by atoms with Crippen molar-refractivity contribution in [1.82, 2.24) is 0 Å². The number of nitro benzene ring substituents is 1. The van der Waals surface area contributed by atoms with Crippen LogP contribution in [-0.2, 0) is 5.60 Å². The molecule has 0 fully saturated rings.